The van der Waals surface area contributed by atoms with Crippen molar-refractivity contribution in [2.24, 2.45) is 0 Å². The predicted molar refractivity (Wildman–Crippen MR) is 134 cm³/mol. The van der Waals surface area contributed by atoms with E-state index in [1.54, 1.807) is 6.33 Å². The molecule has 0 unspecified atom stereocenters. The smallest absolute Gasteiger partial charge is 0.234 e. The Kier molecular flexibility index (Phi) is 8.46. The van der Waals surface area contributed by atoms with Gasteiger partial charge in [-0.15, -0.1) is 0 Å². The number of benzene rings is 2. The number of nitrogens with one attached hydrogen (secondary N) is 2. The third-order valence-corrected chi connectivity index (χ3v) is 5.87. The van der Waals surface area contributed by atoms with Crippen LogP contribution in [0.15, 0.2) is 60.9 Å². The summed E-state index contributed by atoms with van der Waals surface area (Å²) < 4.78 is 6.04. The van der Waals surface area contributed by atoms with E-state index in [0.29, 0.717) is 26.1 Å². The van der Waals surface area contributed by atoms with Crippen LogP contribution in [0.3, 0.4) is 0 Å². The quantitative estimate of drug-likeness (QED) is 0.565. The van der Waals surface area contributed by atoms with Crippen molar-refractivity contribution in [1.29, 1.82) is 0 Å². The third-order valence-electron chi connectivity index (χ3n) is 5.87. The van der Waals surface area contributed by atoms with Gasteiger partial charge >= 0.3 is 0 Å². The third kappa shape index (κ3) is 7.02. The second kappa shape index (κ2) is 12.1. The van der Waals surface area contributed by atoms with Gasteiger partial charge in [-0.1, -0.05) is 43.3 Å². The van der Waals surface area contributed by atoms with E-state index in [2.05, 4.69) is 56.7 Å². The van der Waals surface area contributed by atoms with Crippen molar-refractivity contribution in [3.8, 4) is 5.75 Å². The van der Waals surface area contributed by atoms with Gasteiger partial charge in [-0.2, -0.15) is 0 Å². The number of aromatic nitrogens is 2. The average Bonchev–Trinajstić information content (AvgIpc) is 2.84. The summed E-state index contributed by atoms with van der Waals surface area (Å²) in [5.74, 6) is 1.62. The minimum Gasteiger partial charge on any atom is -0.491 e. The lowest BCUT2D eigenvalue weighted by atomic mass is 10.1. The molecule has 0 saturated carbocycles. The van der Waals surface area contributed by atoms with Crippen LogP contribution in [-0.4, -0.2) is 47.0 Å². The monoisotopic (exact) mass is 459 g/mol. The summed E-state index contributed by atoms with van der Waals surface area (Å²) >= 11 is 0. The van der Waals surface area contributed by atoms with E-state index < -0.39 is 0 Å². The molecule has 2 heterocycles. The van der Waals surface area contributed by atoms with Crippen LogP contribution >= 0.6 is 0 Å². The summed E-state index contributed by atoms with van der Waals surface area (Å²) in [5, 5.41) is 6.45. The van der Waals surface area contributed by atoms with Crippen LogP contribution in [0, 0.1) is 0 Å². The van der Waals surface area contributed by atoms with Crippen molar-refractivity contribution in [3.05, 3.63) is 77.7 Å². The van der Waals surface area contributed by atoms with E-state index in [4.69, 9.17) is 4.74 Å². The highest BCUT2D eigenvalue weighted by Crippen LogP contribution is 2.27. The fourth-order valence-electron chi connectivity index (χ4n) is 4.05. The highest BCUT2D eigenvalue weighted by atomic mass is 16.5. The van der Waals surface area contributed by atoms with E-state index >= 15 is 0 Å². The molecule has 1 aromatic heterocycles. The van der Waals surface area contributed by atoms with E-state index in [1.165, 1.54) is 11.1 Å². The fourth-order valence-corrected chi connectivity index (χ4v) is 4.05. The molecule has 4 rings (SSSR count). The molecule has 3 aromatic rings. The Labute approximate surface area is 201 Å². The van der Waals surface area contributed by atoms with Crippen LogP contribution in [0.25, 0.3) is 0 Å². The normalized spacial score (nSPS) is 16.2. The number of hydrogen-bond donors (Lipinski definition) is 2. The molecule has 0 spiro atoms. The van der Waals surface area contributed by atoms with Gasteiger partial charge in [-0.05, 0) is 49.1 Å². The first-order valence-electron chi connectivity index (χ1n) is 12.1. The summed E-state index contributed by atoms with van der Waals surface area (Å²) in [6.07, 6.45) is 5.16. The number of rotatable bonds is 1. The van der Waals surface area contributed by atoms with Crippen molar-refractivity contribution in [1.82, 2.24) is 20.2 Å². The van der Waals surface area contributed by atoms with Gasteiger partial charge in [0.2, 0.25) is 5.91 Å². The SMILES string of the molecule is CCN1CC(=O)NCCCCCOc2ccccc2Nc2cc(ncn2)Cc2cccc(c2)C1. The molecular weight excluding hydrogens is 426 g/mol. The van der Waals surface area contributed by atoms with Crippen LogP contribution in [0.5, 0.6) is 5.75 Å². The number of nitrogens with zero attached hydrogens (tertiary/aromatic N) is 3. The van der Waals surface area contributed by atoms with E-state index in [-0.39, 0.29) is 5.91 Å². The second-order valence-corrected chi connectivity index (χ2v) is 8.57. The van der Waals surface area contributed by atoms with Gasteiger partial charge in [-0.3, -0.25) is 9.69 Å². The lowest BCUT2D eigenvalue weighted by Crippen LogP contribution is -2.37. The number of likely N-dealkylation sites (N-methyl/N-ethyl adjacent to an activating group) is 1. The van der Waals surface area contributed by atoms with Crippen molar-refractivity contribution in [2.45, 2.75) is 39.2 Å². The lowest BCUT2D eigenvalue weighted by Gasteiger charge is -2.20. The van der Waals surface area contributed by atoms with Gasteiger partial charge in [0.25, 0.3) is 0 Å². The van der Waals surface area contributed by atoms with Crippen molar-refractivity contribution >= 4 is 17.4 Å². The molecule has 0 aliphatic carbocycles. The molecule has 1 amide bonds. The number of anilines is 2. The van der Waals surface area contributed by atoms with Gasteiger partial charge < -0.3 is 15.4 Å². The summed E-state index contributed by atoms with van der Waals surface area (Å²) in [5.41, 5.74) is 4.19. The highest BCUT2D eigenvalue weighted by Gasteiger charge is 2.11. The highest BCUT2D eigenvalue weighted by molar-refractivity contribution is 5.78. The molecular formula is C27H33N5O2. The molecule has 2 aromatic carbocycles. The minimum absolute atomic E-state index is 0.0775. The number of amides is 1. The molecule has 1 aliphatic heterocycles. The summed E-state index contributed by atoms with van der Waals surface area (Å²) in [7, 11) is 0. The Balaban J connectivity index is 1.56. The number of carbonyl (C=O) groups excluding carboxylic acids is 1. The zero-order chi connectivity index (χ0) is 23.6. The molecule has 7 nitrogen and oxygen atoms in total. The van der Waals surface area contributed by atoms with Crippen LogP contribution < -0.4 is 15.4 Å². The second-order valence-electron chi connectivity index (χ2n) is 8.57. The van der Waals surface area contributed by atoms with Gasteiger partial charge in [0.05, 0.1) is 24.5 Å². The van der Waals surface area contributed by atoms with Crippen LogP contribution in [0.4, 0.5) is 11.5 Å². The Morgan fingerprint density at radius 3 is 2.76 bits per heavy atom. The van der Waals surface area contributed by atoms with Gasteiger partial charge in [0, 0.05) is 25.6 Å². The molecule has 4 bridgehead atoms. The topological polar surface area (TPSA) is 79.4 Å². The molecule has 0 radical (unpaired) electrons. The predicted octanol–water partition coefficient (Wildman–Crippen LogP) is 4.31. The van der Waals surface area contributed by atoms with E-state index in [1.807, 2.05) is 30.3 Å². The Bertz CT molecular complexity index is 1090. The molecule has 7 heteroatoms. The molecule has 0 atom stereocenters. The van der Waals surface area contributed by atoms with E-state index in [9.17, 15) is 4.79 Å². The zero-order valence-electron chi connectivity index (χ0n) is 19.8. The number of para-hydroxylation sites is 2. The van der Waals surface area contributed by atoms with Crippen molar-refractivity contribution in [2.75, 3.05) is 31.6 Å². The lowest BCUT2D eigenvalue weighted by molar-refractivity contribution is -0.122. The van der Waals surface area contributed by atoms with Gasteiger partial charge in [0.1, 0.15) is 17.9 Å². The number of hydrogen-bond acceptors (Lipinski definition) is 6. The first kappa shape index (κ1) is 23.7. The minimum atomic E-state index is 0.0775. The number of fused-ring (bicyclic) bond motifs is 5. The summed E-state index contributed by atoms with van der Waals surface area (Å²) in [6.45, 7) is 5.37. The summed E-state index contributed by atoms with van der Waals surface area (Å²) in [4.78, 5) is 23.5. The average molecular weight is 460 g/mol. The maximum Gasteiger partial charge on any atom is 0.234 e. The molecule has 0 fully saturated rings. The Morgan fingerprint density at radius 2 is 1.85 bits per heavy atom. The van der Waals surface area contributed by atoms with Crippen LogP contribution in [0.2, 0.25) is 0 Å². The maximum absolute atomic E-state index is 12.4. The van der Waals surface area contributed by atoms with Crippen LogP contribution in [0.1, 0.15) is 43.0 Å². The number of ether oxygens (including phenoxy) is 1. The Hall–Kier alpha value is -3.45. The molecule has 0 saturated heterocycles. The zero-order valence-corrected chi connectivity index (χ0v) is 19.8. The first-order chi connectivity index (χ1) is 16.7. The molecule has 178 valence electrons. The van der Waals surface area contributed by atoms with Crippen molar-refractivity contribution in [3.63, 3.8) is 0 Å². The number of carbonyl (C=O) groups is 1. The molecule has 1 aliphatic rings. The largest absolute Gasteiger partial charge is 0.491 e. The maximum atomic E-state index is 12.4. The van der Waals surface area contributed by atoms with E-state index in [0.717, 1.165) is 55.3 Å². The fraction of sp³-hybridized carbons (Fsp3) is 0.370. The first-order valence-corrected chi connectivity index (χ1v) is 12.1. The Morgan fingerprint density at radius 1 is 0.971 bits per heavy atom. The van der Waals surface area contributed by atoms with Crippen LogP contribution in [-0.2, 0) is 17.8 Å². The molecule has 2 N–H and O–H groups in total. The standard InChI is InChI=1S/C27H33N5O2/c1-2-32-18-22-10-8-9-21(15-22)16-23-17-26(30-20-29-23)31-24-11-4-5-12-25(24)34-14-7-3-6-13-28-27(33)19-32/h4-5,8-12,15,17,20H,2-3,6-7,13-14,16,18-19H2,1H3,(H,28,33)(H,29,30,31). The summed E-state index contributed by atoms with van der Waals surface area (Å²) in [6, 6.07) is 18.4. The molecule has 34 heavy (non-hydrogen) atoms. The van der Waals surface area contributed by atoms with Gasteiger partial charge in [0.15, 0.2) is 0 Å². The van der Waals surface area contributed by atoms with Crippen molar-refractivity contribution < 1.29 is 9.53 Å². The van der Waals surface area contributed by atoms with Gasteiger partial charge in [-0.25, -0.2) is 9.97 Å².